The van der Waals surface area contributed by atoms with Crippen LogP contribution in [-0.4, -0.2) is 10.7 Å². The van der Waals surface area contributed by atoms with Crippen LogP contribution in [0.5, 0.6) is 0 Å². The van der Waals surface area contributed by atoms with Crippen LogP contribution in [0, 0.1) is 6.92 Å². The van der Waals surface area contributed by atoms with Crippen molar-refractivity contribution in [3.05, 3.63) is 34.3 Å². The van der Waals surface area contributed by atoms with Gasteiger partial charge in [0, 0.05) is 11.4 Å². The van der Waals surface area contributed by atoms with Gasteiger partial charge in [-0.1, -0.05) is 36.6 Å². The molecule has 2 heteroatoms. The lowest BCUT2D eigenvalue weighted by Gasteiger charge is -2.22. The van der Waals surface area contributed by atoms with Gasteiger partial charge in [0.1, 0.15) is 0 Å². The fourth-order valence-corrected chi connectivity index (χ4v) is 2.66. The van der Waals surface area contributed by atoms with Gasteiger partial charge in [0.2, 0.25) is 0 Å². The normalized spacial score (nSPS) is 19.4. The van der Waals surface area contributed by atoms with Gasteiger partial charge in [0.25, 0.3) is 0 Å². The number of aryl methyl sites for hydroxylation is 1. The van der Waals surface area contributed by atoms with E-state index in [1.54, 1.807) is 0 Å². The van der Waals surface area contributed by atoms with Crippen LogP contribution in [0.15, 0.2) is 18.2 Å². The predicted molar refractivity (Wildman–Crippen MR) is 63.3 cm³/mol. The summed E-state index contributed by atoms with van der Waals surface area (Å²) in [6.45, 7) is 2.03. The van der Waals surface area contributed by atoms with Crippen LogP contribution in [0.3, 0.4) is 0 Å². The van der Waals surface area contributed by atoms with Gasteiger partial charge in [-0.15, -0.1) is 0 Å². The maximum Gasteiger partial charge on any atom is 0.0688 e. The smallest absolute Gasteiger partial charge is 0.0688 e. The van der Waals surface area contributed by atoms with E-state index in [9.17, 15) is 5.11 Å². The topological polar surface area (TPSA) is 20.2 Å². The van der Waals surface area contributed by atoms with E-state index in [0.29, 0.717) is 6.42 Å². The zero-order valence-electron chi connectivity index (χ0n) is 9.09. The molecule has 0 unspecified atom stereocenters. The second kappa shape index (κ2) is 4.15. The molecule has 0 radical (unpaired) electrons. The Hall–Kier alpha value is -0.530. The van der Waals surface area contributed by atoms with Gasteiger partial charge in [-0.25, -0.2) is 0 Å². The maximum atomic E-state index is 10.3. The monoisotopic (exact) mass is 224 g/mol. The Balaban J connectivity index is 2.16. The van der Waals surface area contributed by atoms with Crippen molar-refractivity contribution in [2.24, 2.45) is 0 Å². The van der Waals surface area contributed by atoms with E-state index in [0.717, 1.165) is 36.3 Å². The molecule has 1 N–H and O–H groups in total. The number of hydrogen-bond acceptors (Lipinski definition) is 1. The van der Waals surface area contributed by atoms with Gasteiger partial charge >= 0.3 is 0 Å². The molecule has 0 saturated heterocycles. The van der Waals surface area contributed by atoms with Gasteiger partial charge in [-0.3, -0.25) is 0 Å². The summed E-state index contributed by atoms with van der Waals surface area (Å²) in [7, 11) is 0. The largest absolute Gasteiger partial charge is 0.390 e. The molecule has 1 aromatic rings. The Morgan fingerprint density at radius 2 is 2.00 bits per heavy atom. The van der Waals surface area contributed by atoms with Crippen LogP contribution in [0.25, 0.3) is 0 Å². The second-order valence-corrected chi connectivity index (χ2v) is 5.11. The number of halogens is 1. The van der Waals surface area contributed by atoms with Crippen molar-refractivity contribution in [1.82, 2.24) is 0 Å². The van der Waals surface area contributed by atoms with Crippen molar-refractivity contribution < 1.29 is 5.11 Å². The molecule has 0 bridgehead atoms. The summed E-state index contributed by atoms with van der Waals surface area (Å²) in [4.78, 5) is 0. The molecule has 0 heterocycles. The average Bonchev–Trinajstić information content (AvgIpc) is 2.58. The highest BCUT2D eigenvalue weighted by molar-refractivity contribution is 6.31. The molecule has 0 amide bonds. The quantitative estimate of drug-likeness (QED) is 0.816. The third-order valence-electron chi connectivity index (χ3n) is 3.26. The van der Waals surface area contributed by atoms with Crippen LogP contribution < -0.4 is 0 Å². The fourth-order valence-electron chi connectivity index (χ4n) is 2.36. The van der Waals surface area contributed by atoms with Gasteiger partial charge < -0.3 is 5.11 Å². The lowest BCUT2D eigenvalue weighted by molar-refractivity contribution is 0.0482. The van der Waals surface area contributed by atoms with Crippen molar-refractivity contribution in [3.8, 4) is 0 Å². The Bertz CT molecular complexity index is 354. The minimum absolute atomic E-state index is 0.501. The molecule has 1 saturated carbocycles. The molecule has 0 atom stereocenters. The van der Waals surface area contributed by atoms with Crippen LogP contribution in [0.1, 0.15) is 36.8 Å². The zero-order valence-corrected chi connectivity index (χ0v) is 9.85. The Labute approximate surface area is 96.1 Å². The van der Waals surface area contributed by atoms with Crippen molar-refractivity contribution in [2.75, 3.05) is 0 Å². The molecular formula is C13H17ClO. The number of hydrogen-bond donors (Lipinski definition) is 1. The molecule has 2 rings (SSSR count). The minimum Gasteiger partial charge on any atom is -0.390 e. The Kier molecular flexibility index (Phi) is 3.03. The predicted octanol–water partition coefficient (Wildman–Crippen LogP) is 3.50. The van der Waals surface area contributed by atoms with Gasteiger partial charge in [0.15, 0.2) is 0 Å². The molecule has 82 valence electrons. The van der Waals surface area contributed by atoms with Gasteiger partial charge in [-0.05, 0) is 37.0 Å². The first-order valence-electron chi connectivity index (χ1n) is 5.56. The number of rotatable bonds is 2. The van der Waals surface area contributed by atoms with E-state index in [-0.39, 0.29) is 0 Å². The first-order valence-corrected chi connectivity index (χ1v) is 5.94. The summed E-state index contributed by atoms with van der Waals surface area (Å²) in [5.41, 5.74) is 1.74. The molecule has 15 heavy (non-hydrogen) atoms. The highest BCUT2D eigenvalue weighted by Gasteiger charge is 2.31. The molecule has 1 aliphatic carbocycles. The molecule has 1 fully saturated rings. The maximum absolute atomic E-state index is 10.3. The van der Waals surface area contributed by atoms with Crippen molar-refractivity contribution in [2.45, 2.75) is 44.6 Å². The molecule has 0 aliphatic heterocycles. The number of aliphatic hydroxyl groups is 1. The van der Waals surface area contributed by atoms with Gasteiger partial charge in [0.05, 0.1) is 5.60 Å². The fraction of sp³-hybridized carbons (Fsp3) is 0.538. The van der Waals surface area contributed by atoms with E-state index < -0.39 is 5.60 Å². The summed E-state index contributed by atoms with van der Waals surface area (Å²) in [6.07, 6.45) is 4.81. The Morgan fingerprint density at radius 1 is 1.33 bits per heavy atom. The summed E-state index contributed by atoms with van der Waals surface area (Å²) >= 11 is 6.16. The highest BCUT2D eigenvalue weighted by atomic mass is 35.5. The summed E-state index contributed by atoms with van der Waals surface area (Å²) in [5, 5.41) is 11.1. The van der Waals surface area contributed by atoms with E-state index in [1.165, 1.54) is 5.56 Å². The van der Waals surface area contributed by atoms with Crippen LogP contribution >= 0.6 is 11.6 Å². The molecule has 0 aromatic heterocycles. The summed E-state index contributed by atoms with van der Waals surface area (Å²) in [5.74, 6) is 0. The van der Waals surface area contributed by atoms with E-state index in [1.807, 2.05) is 19.1 Å². The summed E-state index contributed by atoms with van der Waals surface area (Å²) < 4.78 is 0. The molecule has 1 nitrogen and oxygen atoms in total. The third-order valence-corrected chi connectivity index (χ3v) is 3.61. The molecular weight excluding hydrogens is 208 g/mol. The first-order chi connectivity index (χ1) is 7.09. The van der Waals surface area contributed by atoms with Gasteiger partial charge in [-0.2, -0.15) is 0 Å². The van der Waals surface area contributed by atoms with Crippen LogP contribution in [0.2, 0.25) is 5.02 Å². The lowest BCUT2D eigenvalue weighted by Crippen LogP contribution is -2.27. The van der Waals surface area contributed by atoms with Crippen molar-refractivity contribution in [3.63, 3.8) is 0 Å². The van der Waals surface area contributed by atoms with Crippen LogP contribution in [0.4, 0.5) is 0 Å². The SMILES string of the molecule is Cc1ccc(CC2(O)CCCC2)c(Cl)c1. The zero-order chi connectivity index (χ0) is 10.9. The molecule has 1 aromatic carbocycles. The molecule has 0 spiro atoms. The van der Waals surface area contributed by atoms with E-state index >= 15 is 0 Å². The van der Waals surface area contributed by atoms with E-state index in [2.05, 4.69) is 6.07 Å². The van der Waals surface area contributed by atoms with E-state index in [4.69, 9.17) is 11.6 Å². The summed E-state index contributed by atoms with van der Waals surface area (Å²) in [6, 6.07) is 6.06. The van der Waals surface area contributed by atoms with Crippen molar-refractivity contribution in [1.29, 1.82) is 0 Å². The minimum atomic E-state index is -0.501. The highest BCUT2D eigenvalue weighted by Crippen LogP contribution is 2.34. The third kappa shape index (κ3) is 2.53. The van der Waals surface area contributed by atoms with Crippen molar-refractivity contribution >= 4 is 11.6 Å². The lowest BCUT2D eigenvalue weighted by atomic mass is 9.92. The first kappa shape index (κ1) is 11.0. The van der Waals surface area contributed by atoms with Crippen LogP contribution in [-0.2, 0) is 6.42 Å². The average molecular weight is 225 g/mol. The number of benzene rings is 1. The molecule has 1 aliphatic rings. The Morgan fingerprint density at radius 3 is 2.60 bits per heavy atom. The standard InChI is InChI=1S/C13H17ClO/c1-10-4-5-11(12(14)8-10)9-13(15)6-2-3-7-13/h4-5,8,15H,2-3,6-7,9H2,1H3. The second-order valence-electron chi connectivity index (χ2n) is 4.70.